The molecule has 0 fully saturated rings. The number of aryl methyl sites for hydroxylation is 1. The van der Waals surface area contributed by atoms with Crippen molar-refractivity contribution in [1.29, 1.82) is 0 Å². The van der Waals surface area contributed by atoms with Crippen LogP contribution < -0.4 is 0 Å². The highest BCUT2D eigenvalue weighted by molar-refractivity contribution is 7.11. The molecule has 0 radical (unpaired) electrons. The zero-order valence-electron chi connectivity index (χ0n) is 10.9. The van der Waals surface area contributed by atoms with Crippen LogP contribution in [0.5, 0.6) is 0 Å². The Kier molecular flexibility index (Phi) is 4.93. The maximum atomic E-state index is 9.44. The van der Waals surface area contributed by atoms with E-state index < -0.39 is 0 Å². The van der Waals surface area contributed by atoms with Gasteiger partial charge in [-0.1, -0.05) is 27.7 Å². The van der Waals surface area contributed by atoms with Gasteiger partial charge in [0.05, 0.1) is 17.3 Å². The lowest BCUT2D eigenvalue weighted by Crippen LogP contribution is -2.10. The Morgan fingerprint density at radius 2 is 1.88 bits per heavy atom. The minimum absolute atomic E-state index is 0.224. The molecule has 0 aliphatic heterocycles. The SMILES string of the molecule is Cc1nc(CC(C)C)sc1C(CO)C(C)C. The standard InChI is InChI=1S/C13H23NOS/c1-8(2)6-12-14-10(5)13(16-12)11(7-15)9(3)4/h8-9,11,15H,6-7H2,1-5H3. The third kappa shape index (κ3) is 3.29. The van der Waals surface area contributed by atoms with Crippen LogP contribution in [-0.4, -0.2) is 16.7 Å². The van der Waals surface area contributed by atoms with Crippen molar-refractivity contribution in [3.63, 3.8) is 0 Å². The molecule has 1 rings (SSSR count). The van der Waals surface area contributed by atoms with Gasteiger partial charge in [-0.2, -0.15) is 0 Å². The Hall–Kier alpha value is -0.410. The molecule has 92 valence electrons. The molecule has 0 aliphatic rings. The molecule has 2 nitrogen and oxygen atoms in total. The molecule has 1 unspecified atom stereocenters. The van der Waals surface area contributed by atoms with Crippen molar-refractivity contribution in [1.82, 2.24) is 4.98 Å². The Labute approximate surface area is 103 Å². The van der Waals surface area contributed by atoms with Gasteiger partial charge in [-0.25, -0.2) is 4.98 Å². The Balaban J connectivity index is 2.91. The first-order chi connectivity index (χ1) is 7.45. The van der Waals surface area contributed by atoms with Gasteiger partial charge < -0.3 is 5.11 Å². The molecule has 16 heavy (non-hydrogen) atoms. The average Bonchev–Trinajstić information content (AvgIpc) is 2.46. The number of aliphatic hydroxyl groups excluding tert-OH is 1. The number of rotatable bonds is 5. The predicted molar refractivity (Wildman–Crippen MR) is 70.1 cm³/mol. The highest BCUT2D eigenvalue weighted by Gasteiger charge is 2.20. The van der Waals surface area contributed by atoms with Gasteiger partial charge in [0.25, 0.3) is 0 Å². The fraction of sp³-hybridized carbons (Fsp3) is 0.769. The summed E-state index contributed by atoms with van der Waals surface area (Å²) in [7, 11) is 0. The minimum atomic E-state index is 0.224. The first-order valence-electron chi connectivity index (χ1n) is 6.02. The summed E-state index contributed by atoms with van der Waals surface area (Å²) in [6.07, 6.45) is 1.04. The molecule has 3 heteroatoms. The summed E-state index contributed by atoms with van der Waals surface area (Å²) in [5.41, 5.74) is 1.11. The summed E-state index contributed by atoms with van der Waals surface area (Å²) in [4.78, 5) is 5.88. The fourth-order valence-corrected chi connectivity index (χ4v) is 3.39. The highest BCUT2D eigenvalue weighted by atomic mass is 32.1. The van der Waals surface area contributed by atoms with Gasteiger partial charge in [0.15, 0.2) is 0 Å². The molecule has 0 saturated heterocycles. The zero-order valence-corrected chi connectivity index (χ0v) is 11.8. The molecular weight excluding hydrogens is 218 g/mol. The van der Waals surface area contributed by atoms with E-state index in [4.69, 9.17) is 0 Å². The van der Waals surface area contributed by atoms with Crippen LogP contribution in [0.4, 0.5) is 0 Å². The molecule has 1 aromatic rings. The Bertz CT molecular complexity index is 331. The molecule has 0 bridgehead atoms. The van der Waals surface area contributed by atoms with Crippen molar-refractivity contribution in [3.05, 3.63) is 15.6 Å². The summed E-state index contributed by atoms with van der Waals surface area (Å²) in [5.74, 6) is 1.36. The average molecular weight is 241 g/mol. The number of hydrogen-bond acceptors (Lipinski definition) is 3. The van der Waals surface area contributed by atoms with E-state index in [2.05, 4.69) is 39.6 Å². The molecule has 0 aromatic carbocycles. The van der Waals surface area contributed by atoms with E-state index in [0.717, 1.165) is 12.1 Å². The second-order valence-electron chi connectivity index (χ2n) is 5.19. The molecule has 1 N–H and O–H groups in total. The van der Waals surface area contributed by atoms with Crippen LogP contribution >= 0.6 is 11.3 Å². The van der Waals surface area contributed by atoms with E-state index in [-0.39, 0.29) is 12.5 Å². The maximum absolute atomic E-state index is 9.44. The van der Waals surface area contributed by atoms with Gasteiger partial charge in [-0.05, 0) is 18.8 Å². The lowest BCUT2D eigenvalue weighted by molar-refractivity contribution is 0.239. The van der Waals surface area contributed by atoms with Crippen LogP contribution in [0, 0.1) is 18.8 Å². The molecule has 1 atom stereocenters. The van der Waals surface area contributed by atoms with Crippen LogP contribution in [0.2, 0.25) is 0 Å². The van der Waals surface area contributed by atoms with Gasteiger partial charge in [0, 0.05) is 17.2 Å². The van der Waals surface area contributed by atoms with Crippen molar-refractivity contribution in [3.8, 4) is 0 Å². The smallest absolute Gasteiger partial charge is 0.0933 e. The van der Waals surface area contributed by atoms with Crippen LogP contribution in [-0.2, 0) is 6.42 Å². The number of hydrogen-bond donors (Lipinski definition) is 1. The highest BCUT2D eigenvalue weighted by Crippen LogP contribution is 2.32. The van der Waals surface area contributed by atoms with Gasteiger partial charge in [0.1, 0.15) is 0 Å². The van der Waals surface area contributed by atoms with E-state index in [0.29, 0.717) is 11.8 Å². The third-order valence-corrected chi connectivity index (χ3v) is 4.11. The van der Waals surface area contributed by atoms with Gasteiger partial charge in [-0.3, -0.25) is 0 Å². The minimum Gasteiger partial charge on any atom is -0.396 e. The van der Waals surface area contributed by atoms with Crippen molar-refractivity contribution in [2.45, 2.75) is 47.0 Å². The predicted octanol–water partition coefficient (Wildman–Crippen LogP) is 3.38. The summed E-state index contributed by atoms with van der Waals surface area (Å²) < 4.78 is 0. The lowest BCUT2D eigenvalue weighted by atomic mass is 9.94. The summed E-state index contributed by atoms with van der Waals surface area (Å²) in [6, 6.07) is 0. The fourth-order valence-electron chi connectivity index (χ4n) is 1.84. The Morgan fingerprint density at radius 3 is 2.31 bits per heavy atom. The second kappa shape index (κ2) is 5.78. The zero-order chi connectivity index (χ0) is 12.3. The van der Waals surface area contributed by atoms with Crippen LogP contribution in [0.1, 0.15) is 49.2 Å². The lowest BCUT2D eigenvalue weighted by Gasteiger charge is -2.16. The first kappa shape index (κ1) is 13.7. The summed E-state index contributed by atoms with van der Waals surface area (Å²) in [5, 5.41) is 10.7. The number of aliphatic hydroxyl groups is 1. The summed E-state index contributed by atoms with van der Waals surface area (Å²) in [6.45, 7) is 11.0. The molecule has 1 aromatic heterocycles. The summed E-state index contributed by atoms with van der Waals surface area (Å²) >= 11 is 1.78. The molecule has 0 aliphatic carbocycles. The molecule has 0 spiro atoms. The Morgan fingerprint density at radius 1 is 1.25 bits per heavy atom. The second-order valence-corrected chi connectivity index (χ2v) is 6.30. The van der Waals surface area contributed by atoms with Crippen molar-refractivity contribution in [2.75, 3.05) is 6.61 Å². The van der Waals surface area contributed by atoms with E-state index in [1.165, 1.54) is 9.88 Å². The largest absolute Gasteiger partial charge is 0.396 e. The number of nitrogens with zero attached hydrogens (tertiary/aromatic N) is 1. The van der Waals surface area contributed by atoms with Gasteiger partial charge in [0.2, 0.25) is 0 Å². The van der Waals surface area contributed by atoms with Crippen molar-refractivity contribution in [2.24, 2.45) is 11.8 Å². The van der Waals surface area contributed by atoms with E-state index in [1.807, 2.05) is 0 Å². The topological polar surface area (TPSA) is 33.1 Å². The van der Waals surface area contributed by atoms with E-state index in [1.54, 1.807) is 11.3 Å². The van der Waals surface area contributed by atoms with Crippen LogP contribution in [0.3, 0.4) is 0 Å². The van der Waals surface area contributed by atoms with E-state index >= 15 is 0 Å². The van der Waals surface area contributed by atoms with Crippen molar-refractivity contribution < 1.29 is 5.11 Å². The van der Waals surface area contributed by atoms with Gasteiger partial charge >= 0.3 is 0 Å². The molecule has 0 amide bonds. The first-order valence-corrected chi connectivity index (χ1v) is 6.84. The van der Waals surface area contributed by atoms with Crippen LogP contribution in [0.15, 0.2) is 0 Å². The van der Waals surface area contributed by atoms with Gasteiger partial charge in [-0.15, -0.1) is 11.3 Å². The van der Waals surface area contributed by atoms with Crippen LogP contribution in [0.25, 0.3) is 0 Å². The van der Waals surface area contributed by atoms with Crippen molar-refractivity contribution >= 4 is 11.3 Å². The third-order valence-electron chi connectivity index (χ3n) is 2.80. The normalized spacial score (nSPS) is 13.8. The molecular formula is C13H23NOS. The quantitative estimate of drug-likeness (QED) is 0.857. The molecule has 1 heterocycles. The molecule has 0 saturated carbocycles. The maximum Gasteiger partial charge on any atom is 0.0933 e. The number of thiazole rings is 1. The number of aromatic nitrogens is 1. The van der Waals surface area contributed by atoms with E-state index in [9.17, 15) is 5.11 Å². The monoisotopic (exact) mass is 241 g/mol.